The average molecular weight is 315 g/mol. The standard InChI is InChI=1S/C18H18FNO3/c19-15-5-7-16(8-6-15)22-10-9-20-18(21)14-11-13-3-1-2-4-17(13)23-12-14/h1-8,14H,9-12H2,(H,20,21). The molecule has 1 amide bonds. The minimum atomic E-state index is -0.303. The Balaban J connectivity index is 1.42. The van der Waals surface area contributed by atoms with Gasteiger partial charge in [-0.1, -0.05) is 18.2 Å². The lowest BCUT2D eigenvalue weighted by atomic mass is 9.96. The fourth-order valence-corrected chi connectivity index (χ4v) is 2.51. The molecule has 5 heteroatoms. The normalized spacial score (nSPS) is 16.1. The van der Waals surface area contributed by atoms with Crippen LogP contribution in [0, 0.1) is 11.7 Å². The zero-order valence-electron chi connectivity index (χ0n) is 12.6. The number of nitrogens with one attached hydrogen (secondary N) is 1. The first-order chi connectivity index (χ1) is 11.2. The highest BCUT2D eigenvalue weighted by Gasteiger charge is 2.25. The molecule has 0 saturated heterocycles. The monoisotopic (exact) mass is 315 g/mol. The Labute approximate surface area is 134 Å². The molecule has 2 aromatic rings. The summed E-state index contributed by atoms with van der Waals surface area (Å²) in [6.07, 6.45) is 0.681. The average Bonchev–Trinajstić information content (AvgIpc) is 2.59. The van der Waals surface area contributed by atoms with E-state index >= 15 is 0 Å². The van der Waals surface area contributed by atoms with Gasteiger partial charge in [0, 0.05) is 0 Å². The van der Waals surface area contributed by atoms with Crippen LogP contribution in [-0.2, 0) is 11.2 Å². The molecular weight excluding hydrogens is 297 g/mol. The van der Waals surface area contributed by atoms with Gasteiger partial charge in [0.15, 0.2) is 0 Å². The van der Waals surface area contributed by atoms with Crippen molar-refractivity contribution in [1.82, 2.24) is 5.32 Å². The second-order valence-corrected chi connectivity index (χ2v) is 5.41. The third-order valence-corrected chi connectivity index (χ3v) is 3.73. The lowest BCUT2D eigenvalue weighted by Gasteiger charge is -2.24. The molecule has 0 radical (unpaired) electrons. The molecule has 1 aliphatic heterocycles. The van der Waals surface area contributed by atoms with Gasteiger partial charge in [-0.2, -0.15) is 0 Å². The van der Waals surface area contributed by atoms with Crippen molar-refractivity contribution >= 4 is 5.91 Å². The van der Waals surface area contributed by atoms with Crippen molar-refractivity contribution in [3.63, 3.8) is 0 Å². The van der Waals surface area contributed by atoms with Crippen molar-refractivity contribution in [2.75, 3.05) is 19.8 Å². The number of para-hydroxylation sites is 1. The molecular formula is C18H18FNO3. The zero-order valence-corrected chi connectivity index (χ0v) is 12.6. The summed E-state index contributed by atoms with van der Waals surface area (Å²) >= 11 is 0. The van der Waals surface area contributed by atoms with E-state index < -0.39 is 0 Å². The fraction of sp³-hybridized carbons (Fsp3) is 0.278. The number of halogens is 1. The van der Waals surface area contributed by atoms with Gasteiger partial charge in [0.05, 0.1) is 12.5 Å². The highest BCUT2D eigenvalue weighted by atomic mass is 19.1. The zero-order chi connectivity index (χ0) is 16.1. The number of hydrogen-bond acceptors (Lipinski definition) is 3. The SMILES string of the molecule is O=C(NCCOc1ccc(F)cc1)C1COc2ccccc2C1. The van der Waals surface area contributed by atoms with Gasteiger partial charge in [0.1, 0.15) is 30.5 Å². The highest BCUT2D eigenvalue weighted by Crippen LogP contribution is 2.26. The predicted molar refractivity (Wildman–Crippen MR) is 84.0 cm³/mol. The molecule has 2 aromatic carbocycles. The first kappa shape index (κ1) is 15.3. The lowest BCUT2D eigenvalue weighted by Crippen LogP contribution is -2.39. The summed E-state index contributed by atoms with van der Waals surface area (Å²) in [5.41, 5.74) is 1.06. The minimum Gasteiger partial charge on any atom is -0.492 e. The number of fused-ring (bicyclic) bond motifs is 1. The van der Waals surface area contributed by atoms with Gasteiger partial charge in [-0.15, -0.1) is 0 Å². The fourth-order valence-electron chi connectivity index (χ4n) is 2.51. The number of ether oxygens (including phenoxy) is 2. The summed E-state index contributed by atoms with van der Waals surface area (Å²) in [7, 11) is 0. The number of carbonyl (C=O) groups excluding carboxylic acids is 1. The van der Waals surface area contributed by atoms with Gasteiger partial charge in [0.2, 0.25) is 5.91 Å². The van der Waals surface area contributed by atoms with E-state index in [1.54, 1.807) is 12.1 Å². The second-order valence-electron chi connectivity index (χ2n) is 5.41. The van der Waals surface area contributed by atoms with Crippen molar-refractivity contribution < 1.29 is 18.7 Å². The van der Waals surface area contributed by atoms with E-state index in [1.807, 2.05) is 24.3 Å². The summed E-state index contributed by atoms with van der Waals surface area (Å²) in [6.45, 7) is 1.12. The van der Waals surface area contributed by atoms with Gasteiger partial charge < -0.3 is 14.8 Å². The van der Waals surface area contributed by atoms with Gasteiger partial charge in [-0.05, 0) is 42.3 Å². The van der Waals surface area contributed by atoms with E-state index in [1.165, 1.54) is 12.1 Å². The van der Waals surface area contributed by atoms with Crippen LogP contribution >= 0.6 is 0 Å². The highest BCUT2D eigenvalue weighted by molar-refractivity contribution is 5.79. The van der Waals surface area contributed by atoms with Crippen molar-refractivity contribution in [3.8, 4) is 11.5 Å². The molecule has 1 atom stereocenters. The van der Waals surface area contributed by atoms with E-state index in [2.05, 4.69) is 5.32 Å². The third kappa shape index (κ3) is 4.00. The molecule has 0 fully saturated rings. The molecule has 1 unspecified atom stereocenters. The Morgan fingerprint density at radius 1 is 1.22 bits per heavy atom. The maximum atomic E-state index is 12.8. The molecule has 120 valence electrons. The lowest BCUT2D eigenvalue weighted by molar-refractivity contribution is -0.126. The molecule has 1 aliphatic rings. The number of amides is 1. The summed E-state index contributed by atoms with van der Waals surface area (Å²) in [5, 5.41) is 2.85. The molecule has 1 heterocycles. The van der Waals surface area contributed by atoms with Crippen LogP contribution in [0.2, 0.25) is 0 Å². The third-order valence-electron chi connectivity index (χ3n) is 3.73. The van der Waals surface area contributed by atoms with Gasteiger partial charge in [-0.3, -0.25) is 4.79 Å². The molecule has 3 rings (SSSR count). The summed E-state index contributed by atoms with van der Waals surface area (Å²) in [4.78, 5) is 12.2. The van der Waals surface area contributed by atoms with Crippen LogP contribution in [0.3, 0.4) is 0 Å². The predicted octanol–water partition coefficient (Wildman–Crippen LogP) is 2.57. The Morgan fingerprint density at radius 2 is 2.00 bits per heavy atom. The molecule has 0 bridgehead atoms. The number of rotatable bonds is 5. The summed E-state index contributed by atoms with van der Waals surface area (Å²) in [5.74, 6) is 0.910. The van der Waals surface area contributed by atoms with E-state index in [0.29, 0.717) is 31.9 Å². The van der Waals surface area contributed by atoms with Crippen LogP contribution in [0.4, 0.5) is 4.39 Å². The van der Waals surface area contributed by atoms with E-state index in [0.717, 1.165) is 11.3 Å². The van der Waals surface area contributed by atoms with Crippen molar-refractivity contribution in [2.45, 2.75) is 6.42 Å². The molecule has 0 spiro atoms. The Bertz CT molecular complexity index is 672. The minimum absolute atomic E-state index is 0.0396. The van der Waals surface area contributed by atoms with E-state index in [9.17, 15) is 9.18 Å². The summed E-state index contributed by atoms with van der Waals surface area (Å²) < 4.78 is 23.8. The van der Waals surface area contributed by atoms with Crippen LogP contribution in [0.15, 0.2) is 48.5 Å². The first-order valence-electron chi connectivity index (χ1n) is 7.59. The number of benzene rings is 2. The molecule has 0 saturated carbocycles. The quantitative estimate of drug-likeness (QED) is 0.863. The summed E-state index contributed by atoms with van der Waals surface area (Å²) in [6, 6.07) is 13.6. The van der Waals surface area contributed by atoms with Crippen molar-refractivity contribution in [3.05, 3.63) is 59.9 Å². The molecule has 0 aliphatic carbocycles. The van der Waals surface area contributed by atoms with Gasteiger partial charge in [-0.25, -0.2) is 4.39 Å². The smallest absolute Gasteiger partial charge is 0.227 e. The van der Waals surface area contributed by atoms with E-state index in [4.69, 9.17) is 9.47 Å². The van der Waals surface area contributed by atoms with Crippen LogP contribution in [-0.4, -0.2) is 25.7 Å². The largest absolute Gasteiger partial charge is 0.492 e. The second kappa shape index (κ2) is 7.13. The Kier molecular flexibility index (Phi) is 4.76. The number of carbonyl (C=O) groups is 1. The van der Waals surface area contributed by atoms with Crippen LogP contribution < -0.4 is 14.8 Å². The first-order valence-corrected chi connectivity index (χ1v) is 7.59. The van der Waals surface area contributed by atoms with Crippen LogP contribution in [0.25, 0.3) is 0 Å². The topological polar surface area (TPSA) is 47.6 Å². The molecule has 1 N–H and O–H groups in total. The Morgan fingerprint density at radius 3 is 2.83 bits per heavy atom. The van der Waals surface area contributed by atoms with Crippen molar-refractivity contribution in [2.24, 2.45) is 5.92 Å². The van der Waals surface area contributed by atoms with E-state index in [-0.39, 0.29) is 17.6 Å². The Hall–Kier alpha value is -2.56. The maximum absolute atomic E-state index is 12.8. The van der Waals surface area contributed by atoms with Crippen LogP contribution in [0.5, 0.6) is 11.5 Å². The molecule has 4 nitrogen and oxygen atoms in total. The van der Waals surface area contributed by atoms with Crippen LogP contribution in [0.1, 0.15) is 5.56 Å². The maximum Gasteiger partial charge on any atom is 0.227 e. The van der Waals surface area contributed by atoms with Gasteiger partial charge in [0.25, 0.3) is 0 Å². The van der Waals surface area contributed by atoms with Gasteiger partial charge >= 0.3 is 0 Å². The molecule has 23 heavy (non-hydrogen) atoms. The number of hydrogen-bond donors (Lipinski definition) is 1. The molecule has 0 aromatic heterocycles. The van der Waals surface area contributed by atoms with Crippen molar-refractivity contribution in [1.29, 1.82) is 0 Å².